The van der Waals surface area contributed by atoms with Crippen molar-refractivity contribution < 1.29 is 13.2 Å². The van der Waals surface area contributed by atoms with Gasteiger partial charge in [0.15, 0.2) is 0 Å². The third kappa shape index (κ3) is 2.55. The number of aromatic nitrogens is 1. The van der Waals surface area contributed by atoms with Crippen molar-refractivity contribution in [2.24, 2.45) is 0 Å². The third-order valence-electron chi connectivity index (χ3n) is 1.52. The fourth-order valence-corrected chi connectivity index (χ4v) is 1.47. The highest BCUT2D eigenvalue weighted by molar-refractivity contribution is 14.1. The summed E-state index contributed by atoms with van der Waals surface area (Å²) >= 11 is 1.91. The van der Waals surface area contributed by atoms with E-state index in [0.717, 1.165) is 6.07 Å². The van der Waals surface area contributed by atoms with Crippen LogP contribution in [0.3, 0.4) is 0 Å². The van der Waals surface area contributed by atoms with Crippen LogP contribution in [0.15, 0.2) is 18.3 Å². The lowest BCUT2D eigenvalue weighted by Gasteiger charge is -2.12. The summed E-state index contributed by atoms with van der Waals surface area (Å²) in [6, 6.07) is 2.35. The van der Waals surface area contributed by atoms with Crippen LogP contribution >= 0.6 is 22.6 Å². The summed E-state index contributed by atoms with van der Waals surface area (Å²) < 4.78 is 36.9. The van der Waals surface area contributed by atoms with Crippen molar-refractivity contribution in [2.45, 2.75) is 17.0 Å². The summed E-state index contributed by atoms with van der Waals surface area (Å²) in [5.74, 6) is 0. The van der Waals surface area contributed by atoms with Gasteiger partial charge in [0.25, 0.3) is 0 Å². The van der Waals surface area contributed by atoms with Crippen molar-refractivity contribution in [3.8, 4) is 0 Å². The Kier molecular flexibility index (Phi) is 3.15. The van der Waals surface area contributed by atoms with Gasteiger partial charge in [0.2, 0.25) is 0 Å². The molecule has 0 spiro atoms. The maximum absolute atomic E-state index is 12.4. The third-order valence-corrected chi connectivity index (χ3v) is 2.11. The first-order chi connectivity index (χ1) is 5.93. The molecule has 1 aromatic heterocycles. The highest BCUT2D eigenvalue weighted by Gasteiger charge is 2.34. The SMILES string of the molecule is C[C@H](I)c1ncccc1C(F)(F)F. The molecule has 0 N–H and O–H groups in total. The van der Waals surface area contributed by atoms with Crippen molar-refractivity contribution in [1.29, 1.82) is 0 Å². The summed E-state index contributed by atoms with van der Waals surface area (Å²) in [4.78, 5) is 3.72. The maximum atomic E-state index is 12.4. The number of hydrogen-bond acceptors (Lipinski definition) is 1. The lowest BCUT2D eigenvalue weighted by Crippen LogP contribution is -2.10. The van der Waals surface area contributed by atoms with Crippen molar-refractivity contribution >= 4 is 22.6 Å². The molecule has 0 aliphatic rings. The minimum Gasteiger partial charge on any atom is -0.260 e. The normalized spacial score (nSPS) is 14.2. The fourth-order valence-electron chi connectivity index (χ4n) is 0.974. The van der Waals surface area contributed by atoms with Crippen molar-refractivity contribution in [3.63, 3.8) is 0 Å². The van der Waals surface area contributed by atoms with E-state index >= 15 is 0 Å². The maximum Gasteiger partial charge on any atom is 0.418 e. The van der Waals surface area contributed by atoms with E-state index in [9.17, 15) is 13.2 Å². The Morgan fingerprint density at radius 3 is 2.46 bits per heavy atom. The van der Waals surface area contributed by atoms with Crippen molar-refractivity contribution in [1.82, 2.24) is 4.98 Å². The Bertz CT molecular complexity index is 296. The van der Waals surface area contributed by atoms with E-state index in [1.54, 1.807) is 6.92 Å². The molecule has 1 rings (SSSR count). The number of rotatable bonds is 1. The van der Waals surface area contributed by atoms with Crippen LogP contribution in [0.4, 0.5) is 13.2 Å². The topological polar surface area (TPSA) is 12.9 Å². The quantitative estimate of drug-likeness (QED) is 0.570. The van der Waals surface area contributed by atoms with Gasteiger partial charge in [-0.3, -0.25) is 4.98 Å². The van der Waals surface area contributed by atoms with Crippen LogP contribution in [-0.2, 0) is 6.18 Å². The number of hydrogen-bond donors (Lipinski definition) is 0. The van der Waals surface area contributed by atoms with E-state index < -0.39 is 11.7 Å². The molecule has 0 aliphatic heterocycles. The van der Waals surface area contributed by atoms with Crippen LogP contribution in [0.5, 0.6) is 0 Å². The van der Waals surface area contributed by atoms with E-state index in [0.29, 0.717) is 0 Å². The molecule has 0 radical (unpaired) electrons. The van der Waals surface area contributed by atoms with Gasteiger partial charge < -0.3 is 0 Å². The fraction of sp³-hybridized carbons (Fsp3) is 0.375. The first-order valence-corrected chi connectivity index (χ1v) is 4.83. The van der Waals surface area contributed by atoms with Crippen LogP contribution in [-0.4, -0.2) is 4.98 Å². The Morgan fingerprint density at radius 2 is 2.08 bits per heavy atom. The lowest BCUT2D eigenvalue weighted by atomic mass is 10.1. The summed E-state index contributed by atoms with van der Waals surface area (Å²) in [5, 5.41) is 0. The Morgan fingerprint density at radius 1 is 1.46 bits per heavy atom. The van der Waals surface area contributed by atoms with E-state index in [1.807, 2.05) is 22.6 Å². The zero-order valence-electron chi connectivity index (χ0n) is 6.77. The molecular formula is C8H7F3IN. The van der Waals surface area contributed by atoms with Crippen LogP contribution in [0, 0.1) is 0 Å². The van der Waals surface area contributed by atoms with E-state index in [-0.39, 0.29) is 9.62 Å². The van der Waals surface area contributed by atoms with E-state index in [1.165, 1.54) is 12.3 Å². The van der Waals surface area contributed by atoms with Gasteiger partial charge in [-0.05, 0) is 19.1 Å². The van der Waals surface area contributed by atoms with E-state index in [2.05, 4.69) is 4.98 Å². The summed E-state index contributed by atoms with van der Waals surface area (Å²) in [7, 11) is 0. The predicted octanol–water partition coefficient (Wildman–Crippen LogP) is 3.60. The Hall–Kier alpha value is -0.330. The minimum absolute atomic E-state index is 0.0931. The average Bonchev–Trinajstić information content (AvgIpc) is 2.03. The second-order valence-electron chi connectivity index (χ2n) is 2.55. The van der Waals surface area contributed by atoms with E-state index in [4.69, 9.17) is 0 Å². The monoisotopic (exact) mass is 301 g/mol. The van der Waals surface area contributed by atoms with Crippen LogP contribution in [0.2, 0.25) is 0 Å². The molecule has 72 valence electrons. The second-order valence-corrected chi connectivity index (χ2v) is 4.42. The van der Waals surface area contributed by atoms with Crippen molar-refractivity contribution in [2.75, 3.05) is 0 Å². The standard InChI is InChI=1S/C8H7F3IN/c1-5(12)7-6(8(9,10)11)3-2-4-13-7/h2-5H,1H3/t5-/m0/s1. The summed E-state index contributed by atoms with van der Waals surface area (Å²) in [6.07, 6.45) is -2.93. The van der Waals surface area contributed by atoms with Crippen LogP contribution < -0.4 is 0 Å². The molecule has 0 bridgehead atoms. The minimum atomic E-state index is -4.30. The number of halogens is 4. The zero-order chi connectivity index (χ0) is 10.1. The molecule has 1 heterocycles. The lowest BCUT2D eigenvalue weighted by molar-refractivity contribution is -0.138. The molecule has 0 saturated heterocycles. The summed E-state index contributed by atoms with van der Waals surface area (Å²) in [5.41, 5.74) is -0.549. The molecule has 1 nitrogen and oxygen atoms in total. The van der Waals surface area contributed by atoms with Gasteiger partial charge in [-0.15, -0.1) is 0 Å². The molecule has 1 atom stereocenters. The van der Waals surface area contributed by atoms with Gasteiger partial charge >= 0.3 is 6.18 Å². The van der Waals surface area contributed by atoms with Gasteiger partial charge in [-0.1, -0.05) is 22.6 Å². The first-order valence-electron chi connectivity index (χ1n) is 3.59. The van der Waals surface area contributed by atoms with Crippen LogP contribution in [0.25, 0.3) is 0 Å². The van der Waals surface area contributed by atoms with Gasteiger partial charge in [-0.2, -0.15) is 13.2 Å². The van der Waals surface area contributed by atoms with Gasteiger partial charge in [-0.25, -0.2) is 0 Å². The second kappa shape index (κ2) is 3.81. The Labute approximate surface area is 87.5 Å². The highest BCUT2D eigenvalue weighted by Crippen LogP contribution is 2.35. The average molecular weight is 301 g/mol. The van der Waals surface area contributed by atoms with Gasteiger partial charge in [0.05, 0.1) is 15.2 Å². The molecule has 1 aromatic rings. The molecule has 0 saturated carbocycles. The first kappa shape index (κ1) is 10.7. The molecule has 0 amide bonds. The van der Waals surface area contributed by atoms with Crippen LogP contribution in [0.1, 0.15) is 22.1 Å². The smallest absolute Gasteiger partial charge is 0.260 e. The molecule has 5 heteroatoms. The van der Waals surface area contributed by atoms with Crippen molar-refractivity contribution in [3.05, 3.63) is 29.6 Å². The predicted molar refractivity (Wildman–Crippen MR) is 51.7 cm³/mol. The van der Waals surface area contributed by atoms with Gasteiger partial charge in [0.1, 0.15) is 0 Å². The molecular weight excluding hydrogens is 294 g/mol. The Balaban J connectivity index is 3.20. The molecule has 0 unspecified atom stereocenters. The molecule has 0 aliphatic carbocycles. The number of nitrogens with zero attached hydrogens (tertiary/aromatic N) is 1. The molecule has 0 aromatic carbocycles. The zero-order valence-corrected chi connectivity index (χ0v) is 8.93. The molecule has 13 heavy (non-hydrogen) atoms. The molecule has 0 fully saturated rings. The largest absolute Gasteiger partial charge is 0.418 e. The number of pyridine rings is 1. The van der Waals surface area contributed by atoms with Gasteiger partial charge in [0, 0.05) is 6.20 Å². The number of alkyl halides is 4. The summed E-state index contributed by atoms with van der Waals surface area (Å²) in [6.45, 7) is 1.68. The highest BCUT2D eigenvalue weighted by atomic mass is 127.